The Balaban J connectivity index is 1.77. The Labute approximate surface area is 143 Å². The zero-order valence-corrected chi connectivity index (χ0v) is 13.7. The molecule has 2 aromatic carbocycles. The van der Waals surface area contributed by atoms with Gasteiger partial charge in [-0.1, -0.05) is 47.1 Å². The molecule has 0 saturated heterocycles. The summed E-state index contributed by atoms with van der Waals surface area (Å²) < 4.78 is 1.05. The van der Waals surface area contributed by atoms with Crippen LogP contribution in [0.1, 0.15) is 18.5 Å². The summed E-state index contributed by atoms with van der Waals surface area (Å²) >= 11 is 6.12. The van der Waals surface area contributed by atoms with Crippen LogP contribution in [0.4, 0.5) is 0 Å². The molecule has 0 spiro atoms. The van der Waals surface area contributed by atoms with Crippen molar-refractivity contribution in [1.29, 1.82) is 0 Å². The Bertz CT molecular complexity index is 954. The summed E-state index contributed by atoms with van der Waals surface area (Å²) in [4.78, 5) is 24.5. The summed E-state index contributed by atoms with van der Waals surface area (Å²) in [6.07, 6.45) is 0. The van der Waals surface area contributed by atoms with Crippen molar-refractivity contribution >= 4 is 28.4 Å². The highest BCUT2D eigenvalue weighted by Crippen LogP contribution is 2.21. The molecule has 3 rings (SSSR count). The number of rotatable bonds is 4. The lowest BCUT2D eigenvalue weighted by Crippen LogP contribution is -2.35. The molecule has 7 heteroatoms. The molecule has 0 aliphatic heterocycles. The minimum absolute atomic E-state index is 0.203. The Morgan fingerprint density at radius 3 is 2.71 bits per heavy atom. The van der Waals surface area contributed by atoms with Crippen molar-refractivity contribution in [2.75, 3.05) is 0 Å². The van der Waals surface area contributed by atoms with Crippen molar-refractivity contribution < 1.29 is 4.79 Å². The standard InChI is InChI=1S/C17H15ClN4O2/c1-11(12-6-2-4-8-14(12)18)19-16(23)10-22-17(24)13-7-3-5-9-15(13)20-21-22/h2-9,11H,10H2,1H3,(H,19,23)/t11-/m0/s1. The van der Waals surface area contributed by atoms with E-state index in [0.717, 1.165) is 10.2 Å². The highest BCUT2D eigenvalue weighted by Gasteiger charge is 2.14. The Hall–Kier alpha value is -2.73. The first kappa shape index (κ1) is 16.1. The van der Waals surface area contributed by atoms with Crippen molar-refractivity contribution in [3.63, 3.8) is 0 Å². The van der Waals surface area contributed by atoms with Crippen LogP contribution >= 0.6 is 11.6 Å². The van der Waals surface area contributed by atoms with Crippen LogP contribution in [0.2, 0.25) is 5.02 Å². The van der Waals surface area contributed by atoms with Gasteiger partial charge in [0.05, 0.1) is 11.4 Å². The number of benzene rings is 2. The molecule has 6 nitrogen and oxygen atoms in total. The van der Waals surface area contributed by atoms with Gasteiger partial charge in [0.15, 0.2) is 0 Å². The number of halogens is 1. The van der Waals surface area contributed by atoms with E-state index in [0.29, 0.717) is 15.9 Å². The average molecular weight is 343 g/mol. The monoisotopic (exact) mass is 342 g/mol. The van der Waals surface area contributed by atoms with Gasteiger partial charge < -0.3 is 5.32 Å². The van der Waals surface area contributed by atoms with Crippen LogP contribution in [0.3, 0.4) is 0 Å². The lowest BCUT2D eigenvalue weighted by molar-refractivity contribution is -0.122. The third-order valence-corrected chi connectivity index (χ3v) is 4.02. The summed E-state index contributed by atoms with van der Waals surface area (Å²) in [6, 6.07) is 13.9. The Morgan fingerprint density at radius 2 is 1.92 bits per heavy atom. The van der Waals surface area contributed by atoms with Gasteiger partial charge in [-0.25, -0.2) is 4.68 Å². The maximum absolute atomic E-state index is 12.3. The molecule has 1 heterocycles. The molecule has 0 radical (unpaired) electrons. The van der Waals surface area contributed by atoms with E-state index in [-0.39, 0.29) is 24.1 Å². The highest BCUT2D eigenvalue weighted by molar-refractivity contribution is 6.31. The quantitative estimate of drug-likeness (QED) is 0.789. The largest absolute Gasteiger partial charge is 0.348 e. The van der Waals surface area contributed by atoms with Crippen LogP contribution in [0, 0.1) is 0 Å². The smallest absolute Gasteiger partial charge is 0.278 e. The molecule has 24 heavy (non-hydrogen) atoms. The van der Waals surface area contributed by atoms with E-state index in [1.807, 2.05) is 25.1 Å². The van der Waals surface area contributed by atoms with Crippen LogP contribution in [0.15, 0.2) is 53.3 Å². The van der Waals surface area contributed by atoms with Gasteiger partial charge in [-0.3, -0.25) is 9.59 Å². The third-order valence-electron chi connectivity index (χ3n) is 3.67. The maximum Gasteiger partial charge on any atom is 0.278 e. The van der Waals surface area contributed by atoms with Gasteiger partial charge in [-0.15, -0.1) is 5.10 Å². The number of carbonyl (C=O) groups is 1. The number of hydrogen-bond donors (Lipinski definition) is 1. The van der Waals surface area contributed by atoms with Gasteiger partial charge >= 0.3 is 0 Å². The topological polar surface area (TPSA) is 76.9 Å². The van der Waals surface area contributed by atoms with Crippen molar-refractivity contribution in [2.24, 2.45) is 0 Å². The first-order valence-corrected chi connectivity index (χ1v) is 7.80. The van der Waals surface area contributed by atoms with Crippen LogP contribution in [-0.4, -0.2) is 20.9 Å². The fraction of sp³-hybridized carbons (Fsp3) is 0.176. The Kier molecular flexibility index (Phi) is 4.57. The summed E-state index contributed by atoms with van der Waals surface area (Å²) in [5.41, 5.74) is 0.967. The van der Waals surface area contributed by atoms with Gasteiger partial charge in [-0.2, -0.15) is 0 Å². The van der Waals surface area contributed by atoms with Gasteiger partial charge in [0.2, 0.25) is 5.91 Å². The summed E-state index contributed by atoms with van der Waals surface area (Å²) in [7, 11) is 0. The fourth-order valence-electron chi connectivity index (χ4n) is 2.45. The fourth-order valence-corrected chi connectivity index (χ4v) is 2.75. The molecule has 0 fully saturated rings. The van der Waals surface area contributed by atoms with Gasteiger partial charge in [0.1, 0.15) is 12.1 Å². The van der Waals surface area contributed by atoms with Crippen LogP contribution in [0.5, 0.6) is 0 Å². The van der Waals surface area contributed by atoms with E-state index in [4.69, 9.17) is 11.6 Å². The Morgan fingerprint density at radius 1 is 1.21 bits per heavy atom. The lowest BCUT2D eigenvalue weighted by Gasteiger charge is -2.15. The van der Waals surface area contributed by atoms with E-state index in [1.165, 1.54) is 0 Å². The minimum Gasteiger partial charge on any atom is -0.348 e. The van der Waals surface area contributed by atoms with Crippen LogP contribution in [0.25, 0.3) is 10.9 Å². The molecule has 1 aromatic heterocycles. The molecule has 122 valence electrons. The molecule has 1 atom stereocenters. The number of hydrogen-bond acceptors (Lipinski definition) is 4. The van der Waals surface area contributed by atoms with Crippen molar-refractivity contribution in [3.8, 4) is 0 Å². The molecule has 0 saturated carbocycles. The second kappa shape index (κ2) is 6.80. The van der Waals surface area contributed by atoms with Crippen molar-refractivity contribution in [1.82, 2.24) is 20.3 Å². The number of nitrogens with one attached hydrogen (secondary N) is 1. The summed E-state index contributed by atoms with van der Waals surface area (Å²) in [5.74, 6) is -0.339. The molecule has 0 aliphatic carbocycles. The van der Waals surface area contributed by atoms with Gasteiger partial charge in [0.25, 0.3) is 5.56 Å². The predicted octanol–water partition coefficient (Wildman–Crippen LogP) is 2.32. The number of aromatic nitrogens is 3. The average Bonchev–Trinajstić information content (AvgIpc) is 2.58. The predicted molar refractivity (Wildman–Crippen MR) is 91.8 cm³/mol. The first-order valence-electron chi connectivity index (χ1n) is 7.42. The first-order chi connectivity index (χ1) is 11.6. The maximum atomic E-state index is 12.3. The van der Waals surface area contributed by atoms with E-state index >= 15 is 0 Å². The zero-order chi connectivity index (χ0) is 17.1. The number of nitrogens with zero attached hydrogens (tertiary/aromatic N) is 3. The normalized spacial score (nSPS) is 12.1. The van der Waals surface area contributed by atoms with Gasteiger partial charge in [-0.05, 0) is 30.7 Å². The molecular formula is C17H15ClN4O2. The second-order valence-electron chi connectivity index (χ2n) is 5.38. The lowest BCUT2D eigenvalue weighted by atomic mass is 10.1. The van der Waals surface area contributed by atoms with Crippen molar-refractivity contribution in [3.05, 3.63) is 69.5 Å². The minimum atomic E-state index is -0.346. The summed E-state index contributed by atoms with van der Waals surface area (Å²) in [6.45, 7) is 1.62. The molecule has 1 amide bonds. The molecule has 3 aromatic rings. The van der Waals surface area contributed by atoms with Gasteiger partial charge in [0, 0.05) is 5.02 Å². The molecule has 1 N–H and O–H groups in total. The molecular weight excluding hydrogens is 328 g/mol. The molecule has 0 bridgehead atoms. The molecule has 0 aliphatic rings. The van der Waals surface area contributed by atoms with E-state index in [2.05, 4.69) is 15.6 Å². The van der Waals surface area contributed by atoms with E-state index < -0.39 is 0 Å². The summed E-state index contributed by atoms with van der Waals surface area (Å²) in [5, 5.41) is 11.6. The van der Waals surface area contributed by atoms with Crippen LogP contribution < -0.4 is 10.9 Å². The second-order valence-corrected chi connectivity index (χ2v) is 5.79. The number of carbonyl (C=O) groups excluding carboxylic acids is 1. The number of amides is 1. The number of fused-ring (bicyclic) bond motifs is 1. The third kappa shape index (κ3) is 3.28. The SMILES string of the molecule is C[C@H](NC(=O)Cn1nnc2ccccc2c1=O)c1ccccc1Cl. The van der Waals surface area contributed by atoms with Crippen molar-refractivity contribution in [2.45, 2.75) is 19.5 Å². The zero-order valence-electron chi connectivity index (χ0n) is 12.9. The highest BCUT2D eigenvalue weighted by atomic mass is 35.5. The van der Waals surface area contributed by atoms with Crippen LogP contribution in [-0.2, 0) is 11.3 Å². The van der Waals surface area contributed by atoms with E-state index in [1.54, 1.807) is 30.3 Å². The van der Waals surface area contributed by atoms with E-state index in [9.17, 15) is 9.59 Å². The molecule has 0 unspecified atom stereocenters.